The van der Waals surface area contributed by atoms with Crippen molar-refractivity contribution in [2.45, 2.75) is 26.7 Å². The maximum Gasteiger partial charge on any atom is 0.251 e. The maximum atomic E-state index is 9.15. The molecule has 0 saturated heterocycles. The maximum absolute atomic E-state index is 9.15. The van der Waals surface area contributed by atoms with E-state index in [1.165, 1.54) is 6.20 Å². The Labute approximate surface area is 103 Å². The molecule has 0 aliphatic carbocycles. The lowest BCUT2D eigenvalue weighted by Gasteiger charge is -2.37. The van der Waals surface area contributed by atoms with Crippen LogP contribution in [0, 0.1) is 0 Å². The van der Waals surface area contributed by atoms with E-state index in [4.69, 9.17) is 5.11 Å². The highest BCUT2D eigenvalue weighted by Crippen LogP contribution is 2.13. The summed E-state index contributed by atoms with van der Waals surface area (Å²) < 4.78 is 0. The third kappa shape index (κ3) is 3.86. The van der Waals surface area contributed by atoms with Crippen LogP contribution < -0.4 is 0 Å². The zero-order valence-electron chi connectivity index (χ0n) is 10.00. The Kier molecular flexibility index (Phi) is 6.83. The molecule has 0 aromatic heterocycles. The van der Waals surface area contributed by atoms with Crippen LogP contribution >= 0.6 is 12.4 Å². The average molecular weight is 250 g/mol. The van der Waals surface area contributed by atoms with Gasteiger partial charge in [0.05, 0.1) is 6.20 Å². The molecule has 7 heteroatoms. The van der Waals surface area contributed by atoms with Crippen LogP contribution in [0.1, 0.15) is 26.7 Å². The zero-order valence-corrected chi connectivity index (χ0v) is 10.8. The molecule has 0 aromatic rings. The number of hydrogen-bond donors (Lipinski definition) is 1. The Morgan fingerprint density at radius 2 is 1.88 bits per heavy atom. The second-order valence-electron chi connectivity index (χ2n) is 3.47. The van der Waals surface area contributed by atoms with Crippen LogP contribution in [0.15, 0.2) is 22.4 Å². The lowest BCUT2D eigenvalue weighted by Crippen LogP contribution is -2.47. The largest absolute Gasteiger partial charge is 0.491 e. The molecule has 1 N–H and O–H groups in total. The first kappa shape index (κ1) is 15.0. The fraction of sp³-hybridized carbons (Fsp3) is 0.778. The molecule has 1 heterocycles. The highest BCUT2D eigenvalue weighted by Gasteiger charge is 2.18. The predicted octanol–water partition coefficient (Wildman–Crippen LogP) is 2.33. The minimum Gasteiger partial charge on any atom is -0.491 e. The molecule has 94 valence electrons. The van der Waals surface area contributed by atoms with E-state index < -0.39 is 0 Å². The molecule has 1 aliphatic rings. The minimum absolute atomic E-state index is 0. The number of hydrogen-bond acceptors (Lipinski definition) is 6. The van der Waals surface area contributed by atoms with Crippen molar-refractivity contribution in [3.63, 3.8) is 0 Å². The molecule has 0 fully saturated rings. The van der Waals surface area contributed by atoms with Crippen LogP contribution in [0.25, 0.3) is 0 Å². The minimum atomic E-state index is -0.0679. The van der Waals surface area contributed by atoms with Gasteiger partial charge in [-0.1, -0.05) is 19.0 Å². The third-order valence-corrected chi connectivity index (χ3v) is 2.03. The Morgan fingerprint density at radius 1 is 1.31 bits per heavy atom. The van der Waals surface area contributed by atoms with Gasteiger partial charge >= 0.3 is 0 Å². The smallest absolute Gasteiger partial charge is 0.251 e. The fourth-order valence-electron chi connectivity index (χ4n) is 1.46. The summed E-state index contributed by atoms with van der Waals surface area (Å²) in [5.74, 6) is -0.0679. The van der Waals surface area contributed by atoms with Gasteiger partial charge in [0.2, 0.25) is 0 Å². The van der Waals surface area contributed by atoms with Crippen LogP contribution in [0.2, 0.25) is 0 Å². The summed E-state index contributed by atoms with van der Waals surface area (Å²) in [5, 5.41) is 22.2. The summed E-state index contributed by atoms with van der Waals surface area (Å²) in [7, 11) is 1.83. The van der Waals surface area contributed by atoms with Gasteiger partial charge in [-0.3, -0.25) is 5.01 Å². The monoisotopic (exact) mass is 249 g/mol. The summed E-state index contributed by atoms with van der Waals surface area (Å²) in [6, 6.07) is 0. The van der Waals surface area contributed by atoms with E-state index in [9.17, 15) is 0 Å². The van der Waals surface area contributed by atoms with Crippen molar-refractivity contribution in [2.75, 3.05) is 20.1 Å². The highest BCUT2D eigenvalue weighted by atomic mass is 35.5. The first-order valence-electron chi connectivity index (χ1n) is 5.29. The van der Waals surface area contributed by atoms with Gasteiger partial charge in [0.25, 0.3) is 5.88 Å². The second-order valence-corrected chi connectivity index (χ2v) is 3.47. The molecular formula is C9H20ClN5O. The molecule has 1 rings (SSSR count). The van der Waals surface area contributed by atoms with E-state index >= 15 is 0 Å². The number of hydrazine groups is 2. The molecule has 16 heavy (non-hydrogen) atoms. The molecular weight excluding hydrogens is 230 g/mol. The summed E-state index contributed by atoms with van der Waals surface area (Å²) >= 11 is 0. The normalized spacial score (nSPS) is 15.1. The van der Waals surface area contributed by atoms with Crippen molar-refractivity contribution < 1.29 is 5.11 Å². The van der Waals surface area contributed by atoms with E-state index in [2.05, 4.69) is 29.2 Å². The standard InChI is InChI=1S/C9H19N5O.ClH/c1-4-6-13(7-5-2)14-11-10-9(15)8-12(14)3;/h8,15H,4-7H2,1-3H3;1H. The molecule has 0 atom stereocenters. The molecule has 0 aromatic carbocycles. The van der Waals surface area contributed by atoms with E-state index in [1.807, 2.05) is 7.05 Å². The molecule has 6 nitrogen and oxygen atoms in total. The number of halogens is 1. The van der Waals surface area contributed by atoms with Crippen molar-refractivity contribution in [1.29, 1.82) is 0 Å². The molecule has 0 amide bonds. The lowest BCUT2D eigenvalue weighted by molar-refractivity contribution is -0.163. The Balaban J connectivity index is 0.00000225. The molecule has 0 unspecified atom stereocenters. The van der Waals surface area contributed by atoms with Gasteiger partial charge < -0.3 is 5.11 Å². The number of aliphatic hydroxyl groups is 1. The van der Waals surface area contributed by atoms with Gasteiger partial charge in [0, 0.05) is 20.1 Å². The SMILES string of the molecule is CCCN(CCC)N1N=NC(O)=CN1C.Cl. The quantitative estimate of drug-likeness (QED) is 0.813. The Bertz CT molecular complexity index is 252. The molecule has 1 aliphatic heterocycles. The van der Waals surface area contributed by atoms with Gasteiger partial charge in [-0.25, -0.2) is 0 Å². The van der Waals surface area contributed by atoms with E-state index in [1.54, 1.807) is 10.2 Å². The average Bonchev–Trinajstić information content (AvgIpc) is 2.17. The van der Waals surface area contributed by atoms with Crippen LogP contribution in [-0.4, -0.2) is 40.5 Å². The summed E-state index contributed by atoms with van der Waals surface area (Å²) in [6.45, 7) is 6.09. The fourth-order valence-corrected chi connectivity index (χ4v) is 1.46. The predicted molar refractivity (Wildman–Crippen MR) is 64.6 cm³/mol. The topological polar surface area (TPSA) is 54.7 Å². The number of rotatable bonds is 5. The van der Waals surface area contributed by atoms with Crippen molar-refractivity contribution in [1.82, 2.24) is 15.2 Å². The Morgan fingerprint density at radius 3 is 2.31 bits per heavy atom. The van der Waals surface area contributed by atoms with Crippen molar-refractivity contribution >= 4 is 12.4 Å². The van der Waals surface area contributed by atoms with Crippen molar-refractivity contribution in [3.05, 3.63) is 12.1 Å². The summed E-state index contributed by atoms with van der Waals surface area (Å²) in [4.78, 5) is 0. The summed E-state index contributed by atoms with van der Waals surface area (Å²) in [5.41, 5.74) is 0. The van der Waals surface area contributed by atoms with Gasteiger partial charge in [0.1, 0.15) is 0 Å². The van der Waals surface area contributed by atoms with Crippen molar-refractivity contribution in [2.24, 2.45) is 10.3 Å². The lowest BCUT2D eigenvalue weighted by atomic mass is 10.4. The van der Waals surface area contributed by atoms with Crippen LogP contribution in [-0.2, 0) is 0 Å². The molecule has 0 spiro atoms. The summed E-state index contributed by atoms with van der Waals surface area (Å²) in [6.07, 6.45) is 3.64. The third-order valence-electron chi connectivity index (χ3n) is 2.03. The zero-order chi connectivity index (χ0) is 11.3. The van der Waals surface area contributed by atoms with Crippen LogP contribution in [0.3, 0.4) is 0 Å². The van der Waals surface area contributed by atoms with Crippen LogP contribution in [0.4, 0.5) is 0 Å². The first-order chi connectivity index (χ1) is 7.19. The van der Waals surface area contributed by atoms with E-state index in [0.29, 0.717) is 0 Å². The van der Waals surface area contributed by atoms with Crippen molar-refractivity contribution in [3.8, 4) is 0 Å². The van der Waals surface area contributed by atoms with Crippen LogP contribution in [0.5, 0.6) is 0 Å². The Hall–Kier alpha value is -1.01. The molecule has 0 saturated carbocycles. The molecule has 0 bridgehead atoms. The molecule has 0 radical (unpaired) electrons. The number of aliphatic hydroxyl groups excluding tert-OH is 1. The highest BCUT2D eigenvalue weighted by molar-refractivity contribution is 5.85. The van der Waals surface area contributed by atoms with Gasteiger partial charge in [-0.15, -0.1) is 17.6 Å². The first-order valence-corrected chi connectivity index (χ1v) is 5.29. The van der Waals surface area contributed by atoms with Gasteiger partial charge in [-0.2, -0.15) is 5.01 Å². The van der Waals surface area contributed by atoms with E-state index in [-0.39, 0.29) is 18.3 Å². The number of nitrogens with zero attached hydrogens (tertiary/aromatic N) is 5. The second kappa shape index (κ2) is 7.29. The van der Waals surface area contributed by atoms with Gasteiger partial charge in [0.15, 0.2) is 0 Å². The van der Waals surface area contributed by atoms with Gasteiger partial charge in [-0.05, 0) is 18.1 Å². The van der Waals surface area contributed by atoms with E-state index in [0.717, 1.165) is 25.9 Å².